The van der Waals surface area contributed by atoms with Crippen LogP contribution in [-0.2, 0) is 9.59 Å². The molecule has 4 N–H and O–H groups in total. The van der Waals surface area contributed by atoms with E-state index in [1.54, 1.807) is 0 Å². The summed E-state index contributed by atoms with van der Waals surface area (Å²) in [5.41, 5.74) is 0. The van der Waals surface area contributed by atoms with Crippen LogP contribution in [0.5, 0.6) is 0 Å². The Labute approximate surface area is 72.4 Å². The molecule has 0 spiro atoms. The van der Waals surface area contributed by atoms with Crippen LogP contribution in [0, 0.1) is 0 Å². The summed E-state index contributed by atoms with van der Waals surface area (Å²) in [5.74, 6) is -3.65. The Balaban J connectivity index is -0.000000114. The van der Waals surface area contributed by atoms with E-state index in [-0.39, 0.29) is 18.9 Å². The van der Waals surface area contributed by atoms with Crippen molar-refractivity contribution in [3.8, 4) is 0 Å². The molecule has 0 saturated carbocycles. The van der Waals surface area contributed by atoms with Crippen LogP contribution in [0.2, 0.25) is 0 Å². The molecule has 0 unspecified atom stereocenters. The maximum atomic E-state index is 9.10. The molecule has 0 aliphatic rings. The van der Waals surface area contributed by atoms with Crippen LogP contribution in [0.15, 0.2) is 0 Å². The van der Waals surface area contributed by atoms with Crippen molar-refractivity contribution in [3.05, 3.63) is 0 Å². The average molecular weight is 160 g/mol. The molecular formula is C3H5LiO7. The summed E-state index contributed by atoms with van der Waals surface area (Å²) >= 11 is 0. The van der Waals surface area contributed by atoms with Gasteiger partial charge in [0, 0.05) is 0 Å². The normalized spacial score (nSPS) is 6.18. The van der Waals surface area contributed by atoms with Gasteiger partial charge in [-0.1, -0.05) is 0 Å². The summed E-state index contributed by atoms with van der Waals surface area (Å²) in [6.07, 6.45) is -1.83. The van der Waals surface area contributed by atoms with Crippen LogP contribution in [0.4, 0.5) is 4.79 Å². The number of hydrogen-bond donors (Lipinski definition) is 4. The molecule has 0 bridgehead atoms. The fraction of sp³-hybridized carbons (Fsp3) is 0. The van der Waals surface area contributed by atoms with E-state index in [0.29, 0.717) is 0 Å². The van der Waals surface area contributed by atoms with Gasteiger partial charge in [0.1, 0.15) is 0 Å². The number of carboxylic acids is 2. The van der Waals surface area contributed by atoms with Gasteiger partial charge in [0.15, 0.2) is 0 Å². The van der Waals surface area contributed by atoms with Gasteiger partial charge in [-0.3, -0.25) is 0 Å². The first-order valence-corrected chi connectivity index (χ1v) is 1.76. The zero-order valence-electron chi connectivity index (χ0n) is 4.51. The number of carboxylic acid groups (broad SMARTS) is 4. The van der Waals surface area contributed by atoms with Gasteiger partial charge >= 0.3 is 37.0 Å². The molecule has 0 saturated heterocycles. The Hall–Kier alpha value is -1.19. The predicted molar refractivity (Wildman–Crippen MR) is 33.1 cm³/mol. The Morgan fingerprint density at radius 3 is 0.818 bits per heavy atom. The third-order valence-corrected chi connectivity index (χ3v) is 0.183. The van der Waals surface area contributed by atoms with Crippen LogP contribution in [0.25, 0.3) is 0 Å². The minimum absolute atomic E-state index is 0. The van der Waals surface area contributed by atoms with E-state index in [2.05, 4.69) is 0 Å². The van der Waals surface area contributed by atoms with Crippen molar-refractivity contribution in [2.75, 3.05) is 0 Å². The zero-order chi connectivity index (χ0) is 8.73. The first-order valence-electron chi connectivity index (χ1n) is 1.76. The van der Waals surface area contributed by atoms with Gasteiger partial charge in [0.25, 0.3) is 0 Å². The van der Waals surface area contributed by atoms with Gasteiger partial charge in [-0.25, -0.2) is 14.4 Å². The maximum absolute atomic E-state index is 9.10. The van der Waals surface area contributed by atoms with Gasteiger partial charge in [-0.05, 0) is 0 Å². The van der Waals surface area contributed by atoms with Crippen LogP contribution in [-0.4, -0.2) is 57.4 Å². The molecular weight excluding hydrogens is 155 g/mol. The summed E-state index contributed by atoms with van der Waals surface area (Å²) in [4.78, 5) is 26.8. The molecule has 7 nitrogen and oxygen atoms in total. The SMILES string of the molecule is O=C(O)C(=O)O.O=C(O)O.[LiH]. The molecule has 8 heteroatoms. The first-order chi connectivity index (χ1) is 4.37. The summed E-state index contributed by atoms with van der Waals surface area (Å²) in [6.45, 7) is 0. The number of aliphatic carboxylic acids is 2. The molecule has 0 amide bonds. The molecule has 0 aliphatic carbocycles. The molecule has 60 valence electrons. The number of hydrogen-bond acceptors (Lipinski definition) is 3. The van der Waals surface area contributed by atoms with E-state index in [1.165, 1.54) is 0 Å². The Morgan fingerprint density at radius 1 is 0.727 bits per heavy atom. The van der Waals surface area contributed by atoms with Gasteiger partial charge in [-0.15, -0.1) is 0 Å². The third-order valence-electron chi connectivity index (χ3n) is 0.183. The van der Waals surface area contributed by atoms with Gasteiger partial charge in [-0.2, -0.15) is 0 Å². The molecule has 0 heterocycles. The Kier molecular flexibility index (Phi) is 13.1. The van der Waals surface area contributed by atoms with Crippen molar-refractivity contribution >= 4 is 37.0 Å². The average Bonchev–Trinajstić information content (AvgIpc) is 1.63. The Bertz CT molecular complexity index is 136. The molecule has 0 aromatic heterocycles. The molecule has 0 radical (unpaired) electrons. The fourth-order valence-corrected chi connectivity index (χ4v) is 0. The molecule has 0 fully saturated rings. The predicted octanol–water partition coefficient (Wildman–Crippen LogP) is -1.27. The summed E-state index contributed by atoms with van der Waals surface area (Å²) < 4.78 is 0. The third kappa shape index (κ3) is 51.8. The molecule has 11 heavy (non-hydrogen) atoms. The summed E-state index contributed by atoms with van der Waals surface area (Å²) in [6, 6.07) is 0. The monoisotopic (exact) mass is 160 g/mol. The van der Waals surface area contributed by atoms with E-state index in [9.17, 15) is 0 Å². The van der Waals surface area contributed by atoms with Crippen LogP contribution in [0.3, 0.4) is 0 Å². The van der Waals surface area contributed by atoms with Crippen molar-refractivity contribution in [2.24, 2.45) is 0 Å². The Morgan fingerprint density at radius 2 is 0.818 bits per heavy atom. The minimum atomic E-state index is -1.83. The second-order valence-corrected chi connectivity index (χ2v) is 0.893. The molecule has 0 rings (SSSR count). The van der Waals surface area contributed by atoms with Crippen molar-refractivity contribution in [1.29, 1.82) is 0 Å². The molecule has 0 atom stereocenters. The van der Waals surface area contributed by atoms with Crippen molar-refractivity contribution < 1.29 is 34.8 Å². The van der Waals surface area contributed by atoms with E-state index in [1.807, 2.05) is 0 Å². The second kappa shape index (κ2) is 8.81. The molecule has 0 aromatic rings. The van der Waals surface area contributed by atoms with Crippen molar-refractivity contribution in [3.63, 3.8) is 0 Å². The van der Waals surface area contributed by atoms with Crippen LogP contribution < -0.4 is 0 Å². The van der Waals surface area contributed by atoms with Crippen molar-refractivity contribution in [2.45, 2.75) is 0 Å². The van der Waals surface area contributed by atoms with Gasteiger partial charge in [0.2, 0.25) is 0 Å². The van der Waals surface area contributed by atoms with E-state index in [4.69, 9.17) is 34.8 Å². The first kappa shape index (κ1) is 16.4. The van der Waals surface area contributed by atoms with Gasteiger partial charge in [0.05, 0.1) is 0 Å². The van der Waals surface area contributed by atoms with Crippen LogP contribution in [0.1, 0.15) is 0 Å². The number of carbonyl (C=O) groups is 3. The zero-order valence-corrected chi connectivity index (χ0v) is 4.51. The summed E-state index contributed by atoms with van der Waals surface area (Å²) in [5, 5.41) is 28.7. The number of rotatable bonds is 0. The van der Waals surface area contributed by atoms with E-state index < -0.39 is 18.1 Å². The van der Waals surface area contributed by atoms with Crippen LogP contribution >= 0.6 is 0 Å². The molecule has 0 aromatic carbocycles. The van der Waals surface area contributed by atoms with E-state index >= 15 is 0 Å². The topological polar surface area (TPSA) is 132 Å². The second-order valence-electron chi connectivity index (χ2n) is 0.893. The summed E-state index contributed by atoms with van der Waals surface area (Å²) in [7, 11) is 0. The van der Waals surface area contributed by atoms with Gasteiger partial charge < -0.3 is 20.4 Å². The van der Waals surface area contributed by atoms with E-state index in [0.717, 1.165) is 0 Å². The van der Waals surface area contributed by atoms with Crippen molar-refractivity contribution in [1.82, 2.24) is 0 Å². The standard InChI is InChI=1S/C2H2O4.CH2O3.Li.H/c3-1(4)2(5)6;2-1(3)4;;/h(H,3,4)(H,5,6);(H2,2,3,4);;. The quantitative estimate of drug-likeness (QED) is 0.256. The fourth-order valence-electron chi connectivity index (χ4n) is 0. The molecule has 0 aliphatic heterocycles.